The van der Waals surface area contributed by atoms with Gasteiger partial charge < -0.3 is 10.3 Å². The number of aromatic amines is 1. The van der Waals surface area contributed by atoms with E-state index in [1.807, 2.05) is 19.9 Å². The Balaban J connectivity index is 2.15. The molecule has 3 aromatic rings. The van der Waals surface area contributed by atoms with E-state index in [4.69, 9.17) is 16.2 Å². The van der Waals surface area contributed by atoms with E-state index in [-0.39, 0.29) is 5.82 Å². The number of nitrogens with zero attached hydrogens (tertiary/aromatic N) is 2. The first kappa shape index (κ1) is 16.7. The van der Waals surface area contributed by atoms with Crippen molar-refractivity contribution in [1.82, 2.24) is 15.0 Å². The van der Waals surface area contributed by atoms with Gasteiger partial charge in [-0.25, -0.2) is 9.97 Å². The number of H-pyrrole nitrogens is 1. The van der Waals surface area contributed by atoms with Gasteiger partial charge in [0, 0.05) is 16.4 Å². The Bertz CT molecular complexity index is 1030. The minimum absolute atomic E-state index is 0.00391. The van der Waals surface area contributed by atoms with Gasteiger partial charge in [0.2, 0.25) is 0 Å². The Kier molecular flexibility index (Phi) is 4.20. The van der Waals surface area contributed by atoms with E-state index in [0.29, 0.717) is 22.2 Å². The maximum atomic E-state index is 11.2. The average molecular weight is 367 g/mol. The second kappa shape index (κ2) is 6.04. The highest BCUT2D eigenvalue weighted by molar-refractivity contribution is 7.84. The molecule has 1 aromatic carbocycles. The van der Waals surface area contributed by atoms with Crippen LogP contribution >= 0.6 is 11.6 Å². The zero-order chi connectivity index (χ0) is 17.5. The van der Waals surface area contributed by atoms with Crippen molar-refractivity contribution in [3.8, 4) is 0 Å². The molecule has 0 spiro atoms. The van der Waals surface area contributed by atoms with Crippen LogP contribution in [0.15, 0.2) is 24.3 Å². The Hall–Kier alpha value is -2.16. The molecule has 2 aromatic heterocycles. The van der Waals surface area contributed by atoms with Gasteiger partial charge in [0.1, 0.15) is 17.2 Å². The lowest BCUT2D eigenvalue weighted by atomic mass is 10.2. The van der Waals surface area contributed by atoms with E-state index in [9.17, 15) is 8.42 Å². The third kappa shape index (κ3) is 3.50. The van der Waals surface area contributed by atoms with Gasteiger partial charge in [0.05, 0.1) is 5.39 Å². The molecule has 3 rings (SSSR count). The van der Waals surface area contributed by atoms with Crippen molar-refractivity contribution in [3.63, 3.8) is 0 Å². The molecule has 0 atom stereocenters. The summed E-state index contributed by atoms with van der Waals surface area (Å²) >= 11 is 5.99. The third-order valence-electron chi connectivity index (χ3n) is 3.60. The number of halogens is 1. The summed E-state index contributed by atoms with van der Waals surface area (Å²) in [6, 6.07) is 7.08. The molecule has 9 heteroatoms. The van der Waals surface area contributed by atoms with E-state index < -0.39 is 15.9 Å². The Morgan fingerprint density at radius 2 is 2.04 bits per heavy atom. The van der Waals surface area contributed by atoms with Crippen LogP contribution in [0.5, 0.6) is 0 Å². The van der Waals surface area contributed by atoms with Crippen LogP contribution in [0.1, 0.15) is 17.1 Å². The summed E-state index contributed by atoms with van der Waals surface area (Å²) < 4.78 is 31.4. The quantitative estimate of drug-likeness (QED) is 0.611. The standard InChI is InChI=1S/C15H15ClN4O3S/c1-8-9(2)17-14-13(8)15(18-11-5-3-4-10(16)6-11)20-12(19-14)7-24(21,22)23/h3-6H,7H2,1-2H3,(H,21,22,23)(H2,17,18,19,20). The van der Waals surface area contributed by atoms with Crippen molar-refractivity contribution in [3.05, 3.63) is 46.4 Å². The maximum absolute atomic E-state index is 11.2. The lowest BCUT2D eigenvalue weighted by Gasteiger charge is -2.09. The lowest BCUT2D eigenvalue weighted by molar-refractivity contribution is 0.481. The van der Waals surface area contributed by atoms with E-state index in [0.717, 1.165) is 16.6 Å². The van der Waals surface area contributed by atoms with E-state index in [2.05, 4.69) is 20.3 Å². The van der Waals surface area contributed by atoms with Gasteiger partial charge in [0.15, 0.2) is 5.82 Å². The predicted octanol–water partition coefficient (Wildman–Crippen LogP) is 3.36. The first-order valence-corrected chi connectivity index (χ1v) is 9.05. The smallest absolute Gasteiger partial charge is 0.272 e. The molecule has 0 aliphatic rings. The van der Waals surface area contributed by atoms with Gasteiger partial charge in [0.25, 0.3) is 10.1 Å². The van der Waals surface area contributed by atoms with Gasteiger partial charge in [-0.1, -0.05) is 17.7 Å². The molecule has 0 unspecified atom stereocenters. The van der Waals surface area contributed by atoms with Crippen LogP contribution in [0.25, 0.3) is 11.0 Å². The monoisotopic (exact) mass is 366 g/mol. The first-order chi connectivity index (χ1) is 11.2. The topological polar surface area (TPSA) is 108 Å². The Morgan fingerprint density at radius 1 is 1.29 bits per heavy atom. The van der Waals surface area contributed by atoms with Crippen LogP contribution in [0.2, 0.25) is 5.02 Å². The Morgan fingerprint density at radius 3 is 2.71 bits per heavy atom. The van der Waals surface area contributed by atoms with Crippen LogP contribution in [-0.2, 0) is 15.9 Å². The number of rotatable bonds is 4. The van der Waals surface area contributed by atoms with Gasteiger partial charge in [-0.15, -0.1) is 0 Å². The second-order valence-corrected chi connectivity index (χ2v) is 7.34. The molecule has 0 aliphatic carbocycles. The van der Waals surface area contributed by atoms with Crippen molar-refractivity contribution in [2.24, 2.45) is 0 Å². The molecule has 0 saturated heterocycles. The van der Waals surface area contributed by atoms with Gasteiger partial charge >= 0.3 is 0 Å². The number of hydrogen-bond acceptors (Lipinski definition) is 5. The number of aromatic nitrogens is 3. The SMILES string of the molecule is Cc1[nH]c2nc(CS(=O)(=O)O)nc(Nc3cccc(Cl)c3)c2c1C. The molecule has 3 N–H and O–H groups in total. The van der Waals surface area contributed by atoms with E-state index >= 15 is 0 Å². The molecule has 0 bridgehead atoms. The van der Waals surface area contributed by atoms with Crippen molar-refractivity contribution in [2.75, 3.05) is 5.32 Å². The van der Waals surface area contributed by atoms with Gasteiger partial charge in [-0.05, 0) is 37.6 Å². The summed E-state index contributed by atoms with van der Waals surface area (Å²) in [4.78, 5) is 11.5. The molecule has 0 saturated carbocycles. The van der Waals surface area contributed by atoms with Crippen molar-refractivity contribution >= 4 is 44.3 Å². The number of fused-ring (bicyclic) bond motifs is 1. The molecule has 7 nitrogen and oxygen atoms in total. The summed E-state index contributed by atoms with van der Waals surface area (Å²) in [5.41, 5.74) is 3.06. The molecule has 2 heterocycles. The lowest BCUT2D eigenvalue weighted by Crippen LogP contribution is -2.08. The Labute approximate surface area is 143 Å². The summed E-state index contributed by atoms with van der Waals surface area (Å²) in [6.07, 6.45) is 0. The molecule has 24 heavy (non-hydrogen) atoms. The average Bonchev–Trinajstić information content (AvgIpc) is 2.72. The highest BCUT2D eigenvalue weighted by Gasteiger charge is 2.17. The summed E-state index contributed by atoms with van der Waals surface area (Å²) in [7, 11) is -4.23. The zero-order valence-electron chi connectivity index (χ0n) is 13.0. The maximum Gasteiger partial charge on any atom is 0.272 e. The number of hydrogen-bond donors (Lipinski definition) is 3. The van der Waals surface area contributed by atoms with Crippen LogP contribution < -0.4 is 5.32 Å². The van der Waals surface area contributed by atoms with E-state index in [1.54, 1.807) is 18.2 Å². The number of nitrogens with one attached hydrogen (secondary N) is 2. The van der Waals surface area contributed by atoms with Crippen LogP contribution in [0, 0.1) is 13.8 Å². The van der Waals surface area contributed by atoms with Crippen molar-refractivity contribution in [2.45, 2.75) is 19.6 Å². The largest absolute Gasteiger partial charge is 0.343 e. The fourth-order valence-corrected chi connectivity index (χ4v) is 3.08. The highest BCUT2D eigenvalue weighted by Crippen LogP contribution is 2.29. The summed E-state index contributed by atoms with van der Waals surface area (Å²) in [5, 5.41) is 4.45. The second-order valence-electron chi connectivity index (χ2n) is 5.45. The predicted molar refractivity (Wildman–Crippen MR) is 93.4 cm³/mol. The fraction of sp³-hybridized carbons (Fsp3) is 0.200. The molecule has 126 valence electrons. The summed E-state index contributed by atoms with van der Waals surface area (Å²) in [5.74, 6) is -0.219. The molecular formula is C15H15ClN4O3S. The van der Waals surface area contributed by atoms with Crippen LogP contribution in [0.3, 0.4) is 0 Å². The van der Waals surface area contributed by atoms with Gasteiger partial charge in [-0.2, -0.15) is 8.42 Å². The normalized spacial score (nSPS) is 11.8. The fourth-order valence-electron chi connectivity index (χ4n) is 2.43. The van der Waals surface area contributed by atoms with Gasteiger partial charge in [-0.3, -0.25) is 4.55 Å². The van der Waals surface area contributed by atoms with Crippen LogP contribution in [-0.4, -0.2) is 27.9 Å². The molecule has 0 aliphatic heterocycles. The minimum Gasteiger partial charge on any atom is -0.343 e. The molecule has 0 radical (unpaired) electrons. The third-order valence-corrected chi connectivity index (χ3v) is 4.46. The van der Waals surface area contributed by atoms with Crippen molar-refractivity contribution < 1.29 is 13.0 Å². The summed E-state index contributed by atoms with van der Waals surface area (Å²) in [6.45, 7) is 3.81. The molecular weight excluding hydrogens is 352 g/mol. The number of benzene rings is 1. The number of aryl methyl sites for hydroxylation is 2. The van der Waals surface area contributed by atoms with E-state index in [1.165, 1.54) is 0 Å². The molecule has 0 amide bonds. The first-order valence-electron chi connectivity index (χ1n) is 7.06. The molecule has 0 fully saturated rings. The zero-order valence-corrected chi connectivity index (χ0v) is 14.5. The van der Waals surface area contributed by atoms with Crippen molar-refractivity contribution in [1.29, 1.82) is 0 Å². The minimum atomic E-state index is -4.23. The highest BCUT2D eigenvalue weighted by atomic mass is 35.5. The number of anilines is 2. The van der Waals surface area contributed by atoms with Crippen LogP contribution in [0.4, 0.5) is 11.5 Å².